The number of alkyl halides is 2. The van der Waals surface area contributed by atoms with Crippen LogP contribution in [0.25, 0.3) is 0 Å². The molecule has 0 radical (unpaired) electrons. The highest BCUT2D eigenvalue weighted by Crippen LogP contribution is 2.25. The normalized spacial score (nSPS) is 11.5. The lowest BCUT2D eigenvalue weighted by molar-refractivity contribution is 0.0175. The lowest BCUT2D eigenvalue weighted by Gasteiger charge is -2.12. The molecule has 0 aromatic heterocycles. The third-order valence-corrected chi connectivity index (χ3v) is 2.24. The smallest absolute Gasteiger partial charge is 0.323 e. The fourth-order valence-corrected chi connectivity index (χ4v) is 1.18. The maximum atomic E-state index is 12.8. The standard InChI is InChI=1S/C10H13BF2O/c1-10(12,13)8-4-6-9(7-5-8)11(2)14-3/h4-7H,1-3H3. The van der Waals surface area contributed by atoms with Crippen molar-refractivity contribution in [1.29, 1.82) is 0 Å². The Morgan fingerprint density at radius 1 is 1.21 bits per heavy atom. The van der Waals surface area contributed by atoms with E-state index in [4.69, 9.17) is 4.65 Å². The van der Waals surface area contributed by atoms with E-state index in [1.54, 1.807) is 19.2 Å². The van der Waals surface area contributed by atoms with E-state index in [2.05, 4.69) is 0 Å². The van der Waals surface area contributed by atoms with Gasteiger partial charge in [0.1, 0.15) is 0 Å². The first-order valence-corrected chi connectivity index (χ1v) is 4.46. The van der Waals surface area contributed by atoms with Crippen LogP contribution in [-0.4, -0.2) is 14.0 Å². The first-order valence-electron chi connectivity index (χ1n) is 4.46. The molecule has 76 valence electrons. The zero-order valence-corrected chi connectivity index (χ0v) is 8.55. The van der Waals surface area contributed by atoms with E-state index < -0.39 is 5.92 Å². The van der Waals surface area contributed by atoms with Gasteiger partial charge in [0, 0.05) is 19.6 Å². The zero-order valence-electron chi connectivity index (χ0n) is 8.55. The highest BCUT2D eigenvalue weighted by Gasteiger charge is 2.24. The van der Waals surface area contributed by atoms with Gasteiger partial charge in [0.2, 0.25) is 0 Å². The Morgan fingerprint density at radius 2 is 1.71 bits per heavy atom. The molecule has 0 bridgehead atoms. The van der Waals surface area contributed by atoms with Crippen LogP contribution >= 0.6 is 0 Å². The van der Waals surface area contributed by atoms with Crippen LogP contribution in [0.3, 0.4) is 0 Å². The summed E-state index contributed by atoms with van der Waals surface area (Å²) in [5.41, 5.74) is 0.935. The highest BCUT2D eigenvalue weighted by atomic mass is 19.3. The second-order valence-electron chi connectivity index (χ2n) is 3.39. The quantitative estimate of drug-likeness (QED) is 0.677. The van der Waals surface area contributed by atoms with Crippen molar-refractivity contribution in [3.8, 4) is 0 Å². The Bertz CT molecular complexity index is 292. The maximum Gasteiger partial charge on any atom is 0.323 e. The monoisotopic (exact) mass is 198 g/mol. The number of rotatable bonds is 3. The fourth-order valence-electron chi connectivity index (χ4n) is 1.18. The molecule has 1 nitrogen and oxygen atoms in total. The minimum atomic E-state index is -2.77. The van der Waals surface area contributed by atoms with Gasteiger partial charge in [-0.05, 0) is 5.46 Å². The van der Waals surface area contributed by atoms with Gasteiger partial charge >= 0.3 is 6.92 Å². The Balaban J connectivity index is 2.89. The molecule has 14 heavy (non-hydrogen) atoms. The number of hydrogen-bond acceptors (Lipinski definition) is 1. The van der Waals surface area contributed by atoms with Crippen molar-refractivity contribution < 1.29 is 13.4 Å². The first-order chi connectivity index (χ1) is 6.45. The van der Waals surface area contributed by atoms with E-state index in [1.807, 2.05) is 6.82 Å². The second-order valence-corrected chi connectivity index (χ2v) is 3.39. The second kappa shape index (κ2) is 4.09. The molecule has 0 heterocycles. The molecule has 0 N–H and O–H groups in total. The largest absolute Gasteiger partial charge is 0.434 e. The van der Waals surface area contributed by atoms with Gasteiger partial charge in [0.25, 0.3) is 5.92 Å². The van der Waals surface area contributed by atoms with Gasteiger partial charge in [-0.25, -0.2) is 8.78 Å². The molecule has 0 saturated heterocycles. The van der Waals surface area contributed by atoms with Crippen LogP contribution in [0.4, 0.5) is 8.78 Å². The molecule has 1 rings (SSSR count). The number of hydrogen-bond donors (Lipinski definition) is 0. The Kier molecular flexibility index (Phi) is 3.27. The zero-order chi connectivity index (χ0) is 10.8. The minimum absolute atomic E-state index is 0.0320. The summed E-state index contributed by atoms with van der Waals surface area (Å²) in [4.78, 5) is 0. The molecule has 4 heteroatoms. The molecule has 0 amide bonds. The third kappa shape index (κ3) is 2.55. The molecule has 1 aromatic rings. The molecular formula is C10H13BF2O. The summed E-state index contributed by atoms with van der Waals surface area (Å²) >= 11 is 0. The summed E-state index contributed by atoms with van der Waals surface area (Å²) in [6, 6.07) is 6.21. The van der Waals surface area contributed by atoms with E-state index in [9.17, 15) is 8.78 Å². The predicted molar refractivity (Wildman–Crippen MR) is 54.3 cm³/mol. The van der Waals surface area contributed by atoms with E-state index >= 15 is 0 Å². The van der Waals surface area contributed by atoms with E-state index in [1.165, 1.54) is 12.1 Å². The fraction of sp³-hybridized carbons (Fsp3) is 0.400. The van der Waals surface area contributed by atoms with Crippen molar-refractivity contribution in [2.24, 2.45) is 0 Å². The van der Waals surface area contributed by atoms with Gasteiger partial charge in [-0.1, -0.05) is 31.1 Å². The van der Waals surface area contributed by atoms with Gasteiger partial charge in [-0.3, -0.25) is 0 Å². The van der Waals surface area contributed by atoms with E-state index in [0.29, 0.717) is 0 Å². The Hall–Kier alpha value is -0.895. The minimum Gasteiger partial charge on any atom is -0.434 e. The van der Waals surface area contributed by atoms with Crippen molar-refractivity contribution in [1.82, 2.24) is 0 Å². The van der Waals surface area contributed by atoms with Crippen LogP contribution in [-0.2, 0) is 10.6 Å². The number of benzene rings is 1. The summed E-state index contributed by atoms with van der Waals surface area (Å²) in [7, 11) is 1.59. The van der Waals surface area contributed by atoms with Crippen LogP contribution in [0.15, 0.2) is 24.3 Å². The lowest BCUT2D eigenvalue weighted by atomic mass is 9.64. The van der Waals surface area contributed by atoms with Gasteiger partial charge in [-0.2, -0.15) is 0 Å². The van der Waals surface area contributed by atoms with E-state index in [0.717, 1.165) is 12.4 Å². The molecule has 0 atom stereocenters. The summed E-state index contributed by atoms with van der Waals surface area (Å²) in [5.74, 6) is -2.77. The van der Waals surface area contributed by atoms with Crippen molar-refractivity contribution in [3.63, 3.8) is 0 Å². The summed E-state index contributed by atoms with van der Waals surface area (Å²) in [6.07, 6.45) is 0. The highest BCUT2D eigenvalue weighted by molar-refractivity contribution is 6.66. The molecule has 0 unspecified atom stereocenters. The number of halogens is 2. The first kappa shape index (κ1) is 11.2. The summed E-state index contributed by atoms with van der Waals surface area (Å²) in [6.45, 7) is 2.70. The molecule has 0 aliphatic heterocycles. The molecule has 1 aromatic carbocycles. The van der Waals surface area contributed by atoms with Crippen molar-refractivity contribution in [3.05, 3.63) is 29.8 Å². The summed E-state index contributed by atoms with van der Waals surface area (Å²) in [5, 5.41) is 0. The van der Waals surface area contributed by atoms with Crippen molar-refractivity contribution in [2.45, 2.75) is 19.7 Å². The summed E-state index contributed by atoms with van der Waals surface area (Å²) < 4.78 is 30.8. The molecule has 0 saturated carbocycles. The van der Waals surface area contributed by atoms with Crippen LogP contribution in [0.2, 0.25) is 6.82 Å². The third-order valence-electron chi connectivity index (χ3n) is 2.24. The van der Waals surface area contributed by atoms with Crippen molar-refractivity contribution in [2.75, 3.05) is 7.11 Å². The molecule has 0 fully saturated rings. The molecule has 0 spiro atoms. The van der Waals surface area contributed by atoms with Crippen LogP contribution < -0.4 is 5.46 Å². The topological polar surface area (TPSA) is 9.23 Å². The average Bonchev–Trinajstić information content (AvgIpc) is 2.15. The van der Waals surface area contributed by atoms with E-state index in [-0.39, 0.29) is 12.5 Å². The Labute approximate surface area is 83.2 Å². The van der Waals surface area contributed by atoms with Crippen LogP contribution in [0, 0.1) is 0 Å². The van der Waals surface area contributed by atoms with Crippen LogP contribution in [0.5, 0.6) is 0 Å². The lowest BCUT2D eigenvalue weighted by Crippen LogP contribution is -2.28. The maximum absolute atomic E-state index is 12.8. The van der Waals surface area contributed by atoms with Crippen molar-refractivity contribution >= 4 is 12.4 Å². The van der Waals surface area contributed by atoms with Crippen LogP contribution in [0.1, 0.15) is 12.5 Å². The molecular weight excluding hydrogens is 185 g/mol. The Morgan fingerprint density at radius 3 is 2.07 bits per heavy atom. The van der Waals surface area contributed by atoms with Gasteiger partial charge in [-0.15, -0.1) is 0 Å². The molecule has 0 aliphatic rings. The predicted octanol–water partition coefficient (Wildman–Crippen LogP) is 2.27. The van der Waals surface area contributed by atoms with Gasteiger partial charge < -0.3 is 4.65 Å². The van der Waals surface area contributed by atoms with Gasteiger partial charge in [0.15, 0.2) is 0 Å². The molecule has 0 aliphatic carbocycles. The van der Waals surface area contributed by atoms with Gasteiger partial charge in [0.05, 0.1) is 0 Å². The SMILES string of the molecule is COB(C)c1ccc(C(C)(F)F)cc1. The average molecular weight is 198 g/mol.